The van der Waals surface area contributed by atoms with E-state index < -0.39 is 5.97 Å². The van der Waals surface area contributed by atoms with E-state index in [-0.39, 0.29) is 18.5 Å². The van der Waals surface area contributed by atoms with Crippen LogP contribution in [0, 0.1) is 5.92 Å². The van der Waals surface area contributed by atoms with Crippen LogP contribution in [-0.2, 0) is 9.53 Å². The number of likely N-dealkylation sites (tertiary alicyclic amines) is 1. The van der Waals surface area contributed by atoms with Crippen LogP contribution < -0.4 is 0 Å². The van der Waals surface area contributed by atoms with Gasteiger partial charge in [0.25, 0.3) is 0 Å². The predicted molar refractivity (Wildman–Crippen MR) is 68.9 cm³/mol. The molecule has 0 saturated carbocycles. The lowest BCUT2D eigenvalue weighted by molar-refractivity contribution is -0.137. The molecule has 2 rings (SSSR count). The van der Waals surface area contributed by atoms with Gasteiger partial charge < -0.3 is 19.6 Å². The van der Waals surface area contributed by atoms with Gasteiger partial charge in [-0.3, -0.25) is 4.79 Å². The molecule has 2 fully saturated rings. The quantitative estimate of drug-likeness (QED) is 0.828. The highest BCUT2D eigenvalue weighted by Crippen LogP contribution is 2.23. The Balaban J connectivity index is 1.79. The largest absolute Gasteiger partial charge is 0.481 e. The van der Waals surface area contributed by atoms with Gasteiger partial charge in [-0.15, -0.1) is 0 Å². The number of aliphatic carboxylic acids is 1. The number of hydrogen-bond donors (Lipinski definition) is 1. The molecule has 0 spiro atoms. The second-order valence-electron chi connectivity index (χ2n) is 5.44. The first-order valence-corrected chi connectivity index (χ1v) is 6.89. The maximum atomic E-state index is 12.3. The van der Waals surface area contributed by atoms with Gasteiger partial charge in [-0.05, 0) is 25.2 Å². The van der Waals surface area contributed by atoms with Crippen LogP contribution in [0.25, 0.3) is 0 Å². The number of carboxylic acids is 1. The minimum Gasteiger partial charge on any atom is -0.481 e. The summed E-state index contributed by atoms with van der Waals surface area (Å²) in [4.78, 5) is 26.5. The summed E-state index contributed by atoms with van der Waals surface area (Å²) < 4.78 is 5.30. The Hall–Kier alpha value is -1.30. The molecule has 6 heteroatoms. The van der Waals surface area contributed by atoms with Crippen LogP contribution >= 0.6 is 0 Å². The van der Waals surface area contributed by atoms with Gasteiger partial charge in [0.05, 0.1) is 12.6 Å². The molecule has 0 aromatic rings. The van der Waals surface area contributed by atoms with Gasteiger partial charge in [0, 0.05) is 33.2 Å². The molecule has 2 unspecified atom stereocenters. The molecule has 0 aliphatic carbocycles. The van der Waals surface area contributed by atoms with Gasteiger partial charge in [-0.2, -0.15) is 0 Å². The Kier molecular flexibility index (Phi) is 4.63. The summed E-state index contributed by atoms with van der Waals surface area (Å²) in [6.45, 7) is 2.77. The van der Waals surface area contributed by atoms with E-state index in [0.717, 1.165) is 26.0 Å². The van der Waals surface area contributed by atoms with E-state index >= 15 is 0 Å². The second-order valence-corrected chi connectivity index (χ2v) is 5.44. The molecular weight excluding hydrogens is 248 g/mol. The number of nitrogens with zero attached hydrogens (tertiary/aromatic N) is 2. The van der Waals surface area contributed by atoms with Gasteiger partial charge in [0.15, 0.2) is 0 Å². The van der Waals surface area contributed by atoms with Gasteiger partial charge in [0.1, 0.15) is 0 Å². The van der Waals surface area contributed by atoms with Crippen LogP contribution in [0.2, 0.25) is 0 Å². The monoisotopic (exact) mass is 270 g/mol. The van der Waals surface area contributed by atoms with E-state index in [0.29, 0.717) is 25.5 Å². The van der Waals surface area contributed by atoms with Crippen molar-refractivity contribution in [1.82, 2.24) is 9.80 Å². The fourth-order valence-corrected chi connectivity index (χ4v) is 2.78. The Bertz CT molecular complexity index is 342. The van der Waals surface area contributed by atoms with Crippen molar-refractivity contribution in [2.75, 3.05) is 33.4 Å². The summed E-state index contributed by atoms with van der Waals surface area (Å²) >= 11 is 0. The third-order valence-electron chi connectivity index (χ3n) is 4.08. The van der Waals surface area contributed by atoms with Crippen molar-refractivity contribution < 1.29 is 19.4 Å². The van der Waals surface area contributed by atoms with Gasteiger partial charge in [0.2, 0.25) is 0 Å². The number of carbonyl (C=O) groups excluding carboxylic acids is 1. The molecule has 1 N–H and O–H groups in total. The lowest BCUT2D eigenvalue weighted by atomic mass is 10.0. The van der Waals surface area contributed by atoms with Crippen molar-refractivity contribution in [3.8, 4) is 0 Å². The SMILES string of the molecule is CN(C(=O)N1CCC(CCC(=O)O)C1)C1CCOC1. The van der Waals surface area contributed by atoms with Crippen LogP contribution in [0.4, 0.5) is 4.79 Å². The van der Waals surface area contributed by atoms with E-state index in [4.69, 9.17) is 9.84 Å². The Morgan fingerprint density at radius 2 is 2.21 bits per heavy atom. The molecule has 0 aromatic heterocycles. The average molecular weight is 270 g/mol. The van der Waals surface area contributed by atoms with E-state index in [9.17, 15) is 9.59 Å². The maximum absolute atomic E-state index is 12.3. The van der Waals surface area contributed by atoms with E-state index in [2.05, 4.69) is 0 Å². The molecule has 0 aromatic carbocycles. The third kappa shape index (κ3) is 3.59. The molecule has 2 atom stereocenters. The zero-order valence-corrected chi connectivity index (χ0v) is 11.4. The molecular formula is C13H22N2O4. The molecule has 19 heavy (non-hydrogen) atoms. The summed E-state index contributed by atoms with van der Waals surface area (Å²) in [5.41, 5.74) is 0. The summed E-state index contributed by atoms with van der Waals surface area (Å²) in [5.74, 6) is -0.432. The standard InChI is InChI=1S/C13H22N2O4/c1-14(11-5-7-19-9-11)13(18)15-6-4-10(8-15)2-3-12(16)17/h10-11H,2-9H2,1H3,(H,16,17). The van der Waals surface area contributed by atoms with Crippen LogP contribution in [0.15, 0.2) is 0 Å². The smallest absolute Gasteiger partial charge is 0.320 e. The lowest BCUT2D eigenvalue weighted by Gasteiger charge is -2.28. The second kappa shape index (κ2) is 6.23. The molecule has 2 amide bonds. The highest BCUT2D eigenvalue weighted by Gasteiger charge is 2.32. The van der Waals surface area contributed by atoms with Crippen molar-refractivity contribution >= 4 is 12.0 Å². The number of carboxylic acid groups (broad SMARTS) is 1. The molecule has 0 bridgehead atoms. The predicted octanol–water partition coefficient (Wildman–Crippen LogP) is 1.01. The summed E-state index contributed by atoms with van der Waals surface area (Å²) in [7, 11) is 1.83. The van der Waals surface area contributed by atoms with Crippen LogP contribution in [0.3, 0.4) is 0 Å². The van der Waals surface area contributed by atoms with Crippen LogP contribution in [0.5, 0.6) is 0 Å². The topological polar surface area (TPSA) is 70.1 Å². The Morgan fingerprint density at radius 1 is 1.42 bits per heavy atom. The molecule has 2 aliphatic heterocycles. The normalized spacial score (nSPS) is 26.7. The Morgan fingerprint density at radius 3 is 2.84 bits per heavy atom. The number of carbonyl (C=O) groups is 2. The molecule has 6 nitrogen and oxygen atoms in total. The fourth-order valence-electron chi connectivity index (χ4n) is 2.78. The van der Waals surface area contributed by atoms with Crippen molar-refractivity contribution in [3.05, 3.63) is 0 Å². The third-order valence-corrected chi connectivity index (χ3v) is 4.08. The fraction of sp³-hybridized carbons (Fsp3) is 0.846. The van der Waals surface area contributed by atoms with Crippen molar-refractivity contribution in [2.45, 2.75) is 31.7 Å². The van der Waals surface area contributed by atoms with Gasteiger partial charge in [-0.1, -0.05) is 0 Å². The zero-order chi connectivity index (χ0) is 13.8. The van der Waals surface area contributed by atoms with Crippen LogP contribution in [-0.4, -0.2) is 66.3 Å². The van der Waals surface area contributed by atoms with E-state index in [1.807, 2.05) is 11.9 Å². The summed E-state index contributed by atoms with van der Waals surface area (Å²) in [6, 6.07) is 0.235. The number of urea groups is 1. The highest BCUT2D eigenvalue weighted by atomic mass is 16.5. The lowest BCUT2D eigenvalue weighted by Crippen LogP contribution is -2.45. The van der Waals surface area contributed by atoms with Crippen molar-refractivity contribution in [1.29, 1.82) is 0 Å². The minimum atomic E-state index is -0.759. The number of amides is 2. The van der Waals surface area contributed by atoms with E-state index in [1.54, 1.807) is 4.90 Å². The average Bonchev–Trinajstić information content (AvgIpc) is 3.05. The molecule has 108 valence electrons. The molecule has 2 aliphatic rings. The first-order valence-electron chi connectivity index (χ1n) is 6.89. The van der Waals surface area contributed by atoms with E-state index in [1.165, 1.54) is 0 Å². The van der Waals surface area contributed by atoms with Gasteiger partial charge in [-0.25, -0.2) is 4.79 Å². The summed E-state index contributed by atoms with van der Waals surface area (Å²) in [5, 5.41) is 8.68. The first-order chi connectivity index (χ1) is 9.08. The number of hydrogen-bond acceptors (Lipinski definition) is 3. The number of ether oxygens (including phenoxy) is 1. The molecule has 2 saturated heterocycles. The minimum absolute atomic E-state index is 0.0494. The summed E-state index contributed by atoms with van der Waals surface area (Å²) in [6.07, 6.45) is 2.67. The highest BCUT2D eigenvalue weighted by molar-refractivity contribution is 5.75. The molecule has 2 heterocycles. The number of likely N-dealkylation sites (N-methyl/N-ethyl adjacent to an activating group) is 1. The van der Waals surface area contributed by atoms with Crippen LogP contribution in [0.1, 0.15) is 25.7 Å². The Labute approximate surface area is 113 Å². The maximum Gasteiger partial charge on any atom is 0.320 e. The number of rotatable bonds is 4. The van der Waals surface area contributed by atoms with Crippen molar-refractivity contribution in [2.24, 2.45) is 5.92 Å². The van der Waals surface area contributed by atoms with Gasteiger partial charge >= 0.3 is 12.0 Å². The molecule has 0 radical (unpaired) electrons. The zero-order valence-electron chi connectivity index (χ0n) is 11.4. The van der Waals surface area contributed by atoms with Crippen molar-refractivity contribution in [3.63, 3.8) is 0 Å². The first kappa shape index (κ1) is 14.1.